The Kier molecular flexibility index (Phi) is 5.83. The van der Waals surface area contributed by atoms with Crippen molar-refractivity contribution in [1.29, 1.82) is 0 Å². The minimum Gasteiger partial charge on any atom is -0.496 e. The Bertz CT molecular complexity index is 1610. The van der Waals surface area contributed by atoms with Gasteiger partial charge >= 0.3 is 0 Å². The van der Waals surface area contributed by atoms with Gasteiger partial charge in [-0.1, -0.05) is 42.5 Å². The Morgan fingerprint density at radius 2 is 1.80 bits per heavy atom. The second-order valence-electron chi connectivity index (χ2n) is 8.65. The molecule has 0 fully saturated rings. The number of pyridine rings is 1. The molecule has 0 saturated heterocycles. The number of ether oxygens (including phenoxy) is 1. The molecule has 0 aliphatic rings. The predicted octanol–water partition coefficient (Wildman–Crippen LogP) is 7.32. The van der Waals surface area contributed by atoms with E-state index in [-0.39, 0.29) is 5.91 Å². The van der Waals surface area contributed by atoms with E-state index in [9.17, 15) is 4.79 Å². The van der Waals surface area contributed by atoms with E-state index < -0.39 is 0 Å². The second-order valence-corrected chi connectivity index (χ2v) is 8.65. The molecule has 3 aromatic carbocycles. The van der Waals surface area contributed by atoms with Crippen molar-refractivity contribution >= 4 is 39.0 Å². The summed E-state index contributed by atoms with van der Waals surface area (Å²) in [6.45, 7) is 5.77. The fraction of sp³-hybridized carbons (Fsp3) is 0.133. The van der Waals surface area contributed by atoms with Crippen LogP contribution in [0.3, 0.4) is 0 Å². The number of nitrogens with one attached hydrogen (secondary N) is 1. The number of furan rings is 1. The van der Waals surface area contributed by atoms with E-state index in [1.807, 2.05) is 51.1 Å². The quantitative estimate of drug-likeness (QED) is 0.278. The zero-order valence-electron chi connectivity index (χ0n) is 20.2. The predicted molar refractivity (Wildman–Crippen MR) is 142 cm³/mol. The number of allylic oxidation sites excluding steroid dienone is 1. The van der Waals surface area contributed by atoms with Crippen LogP contribution >= 0.6 is 0 Å². The molecule has 5 rings (SSSR count). The number of methoxy groups -OCH3 is 1. The molecule has 5 aromatic rings. The molecule has 0 aliphatic heterocycles. The van der Waals surface area contributed by atoms with Crippen molar-refractivity contribution in [2.45, 2.75) is 20.8 Å². The van der Waals surface area contributed by atoms with E-state index in [2.05, 4.69) is 40.6 Å². The lowest BCUT2D eigenvalue weighted by atomic mass is 9.95. The number of aryl methyl sites for hydroxylation is 2. The Morgan fingerprint density at radius 3 is 2.57 bits per heavy atom. The van der Waals surface area contributed by atoms with Crippen LogP contribution in [0.2, 0.25) is 0 Å². The average Bonchev–Trinajstić information content (AvgIpc) is 3.28. The molecule has 1 amide bonds. The maximum absolute atomic E-state index is 12.7. The average molecular weight is 463 g/mol. The first-order chi connectivity index (χ1) is 16.9. The van der Waals surface area contributed by atoms with E-state index in [0.717, 1.165) is 44.5 Å². The number of carbonyl (C=O) groups excluding carboxylic acids is 1. The van der Waals surface area contributed by atoms with Crippen molar-refractivity contribution in [2.24, 2.45) is 0 Å². The summed E-state index contributed by atoms with van der Waals surface area (Å²) in [6, 6.07) is 22.2. The number of benzene rings is 3. The van der Waals surface area contributed by atoms with Crippen LogP contribution in [0.4, 0.5) is 5.82 Å². The van der Waals surface area contributed by atoms with E-state index in [1.165, 1.54) is 10.8 Å². The van der Waals surface area contributed by atoms with E-state index in [0.29, 0.717) is 11.6 Å². The highest BCUT2D eigenvalue weighted by Gasteiger charge is 2.19. The monoisotopic (exact) mass is 462 g/mol. The number of hydrogen-bond donors (Lipinski definition) is 1. The number of nitrogens with zero attached hydrogens (tertiary/aromatic N) is 1. The largest absolute Gasteiger partial charge is 0.496 e. The molecule has 174 valence electrons. The molecule has 0 atom stereocenters. The Hall–Kier alpha value is -4.38. The number of anilines is 1. The zero-order chi connectivity index (χ0) is 24.5. The van der Waals surface area contributed by atoms with Crippen molar-refractivity contribution < 1.29 is 13.9 Å². The van der Waals surface area contributed by atoms with Crippen molar-refractivity contribution in [3.63, 3.8) is 0 Å². The van der Waals surface area contributed by atoms with Crippen LogP contribution in [0.15, 0.2) is 83.5 Å². The first-order valence-corrected chi connectivity index (χ1v) is 11.5. The van der Waals surface area contributed by atoms with Crippen LogP contribution in [0.25, 0.3) is 38.4 Å². The molecule has 0 bridgehead atoms. The molecule has 0 unspecified atom stereocenters. The molecule has 0 spiro atoms. The van der Waals surface area contributed by atoms with Gasteiger partial charge in [-0.05, 0) is 66.9 Å². The highest BCUT2D eigenvalue weighted by atomic mass is 16.5. The summed E-state index contributed by atoms with van der Waals surface area (Å²) >= 11 is 0. The number of rotatable bonds is 5. The van der Waals surface area contributed by atoms with Gasteiger partial charge in [-0.3, -0.25) is 4.79 Å². The third kappa shape index (κ3) is 4.28. The molecule has 0 radical (unpaired) electrons. The van der Waals surface area contributed by atoms with Gasteiger partial charge in [0.25, 0.3) is 0 Å². The van der Waals surface area contributed by atoms with Crippen molar-refractivity contribution in [2.75, 3.05) is 12.4 Å². The van der Waals surface area contributed by atoms with Crippen LogP contribution in [-0.2, 0) is 4.79 Å². The fourth-order valence-electron chi connectivity index (χ4n) is 4.50. The summed E-state index contributed by atoms with van der Waals surface area (Å²) < 4.78 is 11.8. The molecular weight excluding hydrogens is 436 g/mol. The summed E-state index contributed by atoms with van der Waals surface area (Å²) in [4.78, 5) is 17.1. The van der Waals surface area contributed by atoms with E-state index in [1.54, 1.807) is 25.5 Å². The van der Waals surface area contributed by atoms with Gasteiger partial charge in [-0.2, -0.15) is 0 Å². The third-order valence-corrected chi connectivity index (χ3v) is 6.22. The number of aromatic nitrogens is 1. The number of carbonyl (C=O) groups is 1. The third-order valence-electron chi connectivity index (χ3n) is 6.22. The molecule has 2 heterocycles. The Balaban J connectivity index is 1.58. The minimum atomic E-state index is -0.248. The summed E-state index contributed by atoms with van der Waals surface area (Å²) in [6.07, 6.45) is 3.36. The van der Waals surface area contributed by atoms with Gasteiger partial charge in [0.1, 0.15) is 17.2 Å². The van der Waals surface area contributed by atoms with Crippen LogP contribution in [0.5, 0.6) is 5.75 Å². The van der Waals surface area contributed by atoms with E-state index in [4.69, 9.17) is 9.15 Å². The first-order valence-electron chi connectivity index (χ1n) is 11.5. The van der Waals surface area contributed by atoms with Crippen LogP contribution in [0, 0.1) is 13.8 Å². The lowest BCUT2D eigenvalue weighted by Crippen LogP contribution is -2.10. The van der Waals surface area contributed by atoms with Gasteiger partial charge in [-0.15, -0.1) is 0 Å². The lowest BCUT2D eigenvalue weighted by molar-refractivity contribution is -0.111. The zero-order valence-corrected chi connectivity index (χ0v) is 20.2. The lowest BCUT2D eigenvalue weighted by Gasteiger charge is -2.13. The topological polar surface area (TPSA) is 64.4 Å². The molecule has 5 nitrogen and oxygen atoms in total. The summed E-state index contributed by atoms with van der Waals surface area (Å²) in [5.41, 5.74) is 6.20. The Labute approximate surface area is 204 Å². The van der Waals surface area contributed by atoms with Crippen LogP contribution in [0.1, 0.15) is 23.7 Å². The molecule has 5 heteroatoms. The van der Waals surface area contributed by atoms with Gasteiger partial charge in [0, 0.05) is 33.8 Å². The molecule has 35 heavy (non-hydrogen) atoms. The number of amides is 1. The maximum Gasteiger partial charge on any atom is 0.249 e. The molecule has 2 aromatic heterocycles. The molecule has 0 aliphatic carbocycles. The van der Waals surface area contributed by atoms with Gasteiger partial charge in [0.15, 0.2) is 0 Å². The summed E-state index contributed by atoms with van der Waals surface area (Å²) in [5.74, 6) is 0.959. The van der Waals surface area contributed by atoms with Crippen molar-refractivity contribution in [1.82, 2.24) is 4.98 Å². The van der Waals surface area contributed by atoms with Gasteiger partial charge in [-0.25, -0.2) is 4.98 Å². The summed E-state index contributed by atoms with van der Waals surface area (Å²) in [7, 11) is 1.63. The first kappa shape index (κ1) is 22.4. The SMILES string of the molecule is COc1c(/C(C)=C/C(=O)Nc2cccc(C)n2)cc2c(-c3ccc4ccccc4c3)coc2c1C. The maximum atomic E-state index is 12.7. The number of fused-ring (bicyclic) bond motifs is 2. The number of hydrogen-bond acceptors (Lipinski definition) is 4. The van der Waals surface area contributed by atoms with Gasteiger partial charge in [0.05, 0.1) is 13.4 Å². The van der Waals surface area contributed by atoms with Gasteiger partial charge < -0.3 is 14.5 Å². The van der Waals surface area contributed by atoms with Crippen molar-refractivity contribution in [3.05, 3.63) is 95.9 Å². The highest BCUT2D eigenvalue weighted by molar-refractivity contribution is 6.06. The van der Waals surface area contributed by atoms with Crippen LogP contribution in [-0.4, -0.2) is 18.0 Å². The summed E-state index contributed by atoms with van der Waals surface area (Å²) in [5, 5.41) is 6.17. The Morgan fingerprint density at radius 1 is 1.00 bits per heavy atom. The van der Waals surface area contributed by atoms with Gasteiger partial charge in [0.2, 0.25) is 5.91 Å². The highest BCUT2D eigenvalue weighted by Crippen LogP contribution is 2.41. The smallest absolute Gasteiger partial charge is 0.249 e. The minimum absolute atomic E-state index is 0.248. The van der Waals surface area contributed by atoms with Crippen LogP contribution < -0.4 is 10.1 Å². The normalized spacial score (nSPS) is 11.7. The molecular formula is C30H26N2O3. The molecule has 0 saturated carbocycles. The van der Waals surface area contributed by atoms with Crippen molar-refractivity contribution in [3.8, 4) is 16.9 Å². The standard InChI is InChI=1S/C30H26N2O3/c1-18(14-28(33)32-27-11-7-8-19(2)31-27)24-16-25-26(17-35-30(25)20(3)29(24)34-4)23-13-12-21-9-5-6-10-22(21)15-23/h5-17H,1-4H3,(H,31,32,33)/b18-14+. The molecule has 1 N–H and O–H groups in total. The van der Waals surface area contributed by atoms with E-state index >= 15 is 0 Å². The fourth-order valence-corrected chi connectivity index (χ4v) is 4.50. The second kappa shape index (κ2) is 9.11.